The van der Waals surface area contributed by atoms with Crippen molar-refractivity contribution in [2.24, 2.45) is 0 Å². The Balaban J connectivity index is 1.23. The molecule has 3 amide bonds. The number of rotatable bonds is 15. The number of hydrogen-bond donors (Lipinski definition) is 4. The lowest BCUT2D eigenvalue weighted by Crippen LogP contribution is -2.31. The first-order chi connectivity index (χ1) is 19.0. The van der Waals surface area contributed by atoms with E-state index in [1.807, 2.05) is 36.4 Å². The van der Waals surface area contributed by atoms with Gasteiger partial charge in [-0.1, -0.05) is 25.0 Å². The number of urea groups is 1. The molecule has 0 aromatic carbocycles. The fourth-order valence-corrected chi connectivity index (χ4v) is 3.76. The van der Waals surface area contributed by atoms with Crippen LogP contribution in [0.15, 0.2) is 59.7 Å². The van der Waals surface area contributed by atoms with Crippen LogP contribution in [0.1, 0.15) is 42.8 Å². The largest absolute Gasteiger partial charge is 0.448 e. The van der Waals surface area contributed by atoms with E-state index in [4.69, 9.17) is 4.74 Å². The number of nitrogens with zero attached hydrogens (tertiary/aromatic N) is 4. The third kappa shape index (κ3) is 12.2. The zero-order valence-corrected chi connectivity index (χ0v) is 22.2. The van der Waals surface area contributed by atoms with Gasteiger partial charge >= 0.3 is 12.1 Å². The predicted molar refractivity (Wildman–Crippen MR) is 147 cm³/mol. The number of aromatic nitrogens is 4. The third-order valence-corrected chi connectivity index (χ3v) is 5.62. The van der Waals surface area contributed by atoms with Crippen LogP contribution in [0.5, 0.6) is 0 Å². The predicted octanol–water partition coefficient (Wildman–Crippen LogP) is 2.98. The monoisotopic (exact) mass is 536 g/mol. The molecule has 0 spiro atoms. The first-order valence-corrected chi connectivity index (χ1v) is 13.0. The molecule has 12 heteroatoms. The number of carbonyl (C=O) groups is 2. The van der Waals surface area contributed by atoms with Gasteiger partial charge in [0.15, 0.2) is 0 Å². The van der Waals surface area contributed by atoms with Crippen LogP contribution in [-0.2, 0) is 17.8 Å². The molecule has 4 N–H and O–H groups in total. The molecule has 0 aliphatic rings. The van der Waals surface area contributed by atoms with Crippen molar-refractivity contribution in [1.82, 2.24) is 35.5 Å². The van der Waals surface area contributed by atoms with Crippen LogP contribution >= 0.6 is 0 Å². The van der Waals surface area contributed by atoms with E-state index in [-0.39, 0.29) is 18.1 Å². The minimum Gasteiger partial charge on any atom is -0.448 e. The van der Waals surface area contributed by atoms with E-state index in [1.54, 1.807) is 19.3 Å². The standard InChI is InChI=1S/C27H36N8O4/c1-21-18-24(36)33-25(32-21)34-26(37)30-14-6-2-3-7-15-31-27(38)39-17-16-35(19-22-10-4-8-12-28-22)20-23-11-5-9-13-29-23/h4-5,8-13,18H,2-3,6-7,14-17,19-20H2,1H3,(H,31,38)(H3,30,32,33,34,36,37). The van der Waals surface area contributed by atoms with Crippen molar-refractivity contribution >= 4 is 18.1 Å². The number of nitrogens with one attached hydrogen (secondary N) is 4. The van der Waals surface area contributed by atoms with E-state index in [2.05, 4.69) is 40.8 Å². The first kappa shape index (κ1) is 29.2. The van der Waals surface area contributed by atoms with E-state index in [0.29, 0.717) is 38.4 Å². The molecule has 0 saturated heterocycles. The molecule has 208 valence electrons. The summed E-state index contributed by atoms with van der Waals surface area (Å²) in [6, 6.07) is 12.5. The second kappa shape index (κ2) is 16.5. The lowest BCUT2D eigenvalue weighted by molar-refractivity contribution is 0.122. The highest BCUT2D eigenvalue weighted by Gasteiger charge is 2.10. The van der Waals surface area contributed by atoms with Crippen molar-refractivity contribution < 1.29 is 14.3 Å². The molecule has 0 unspecified atom stereocenters. The summed E-state index contributed by atoms with van der Waals surface area (Å²) in [7, 11) is 0. The van der Waals surface area contributed by atoms with Crippen LogP contribution in [0.3, 0.4) is 0 Å². The maximum atomic E-state index is 12.1. The molecule has 0 bridgehead atoms. The van der Waals surface area contributed by atoms with Crippen molar-refractivity contribution in [2.45, 2.75) is 45.7 Å². The normalized spacial score (nSPS) is 10.7. The molecule has 39 heavy (non-hydrogen) atoms. The van der Waals surface area contributed by atoms with E-state index in [0.717, 1.165) is 37.1 Å². The molecule has 0 aliphatic carbocycles. The van der Waals surface area contributed by atoms with Gasteiger partial charge in [-0.3, -0.25) is 30.0 Å². The molecular formula is C27H36N8O4. The fraction of sp³-hybridized carbons (Fsp3) is 0.407. The summed E-state index contributed by atoms with van der Waals surface area (Å²) in [5.41, 5.74) is 2.08. The Kier molecular flexibility index (Phi) is 12.4. The molecule has 0 radical (unpaired) electrons. The second-order valence-electron chi connectivity index (χ2n) is 8.95. The quantitative estimate of drug-likeness (QED) is 0.216. The van der Waals surface area contributed by atoms with Crippen molar-refractivity contribution in [3.05, 3.63) is 82.3 Å². The van der Waals surface area contributed by atoms with Gasteiger partial charge in [-0.05, 0) is 44.0 Å². The number of aromatic amines is 1. The number of anilines is 1. The van der Waals surface area contributed by atoms with E-state index in [1.165, 1.54) is 6.07 Å². The Bertz CT molecular complexity index is 1170. The third-order valence-electron chi connectivity index (χ3n) is 5.62. The molecule has 0 aliphatic heterocycles. The highest BCUT2D eigenvalue weighted by molar-refractivity contribution is 5.87. The summed E-state index contributed by atoms with van der Waals surface area (Å²) >= 11 is 0. The van der Waals surface area contributed by atoms with Crippen LogP contribution in [0.2, 0.25) is 0 Å². The number of carbonyl (C=O) groups excluding carboxylic acids is 2. The van der Waals surface area contributed by atoms with E-state index < -0.39 is 12.1 Å². The second-order valence-corrected chi connectivity index (χ2v) is 8.95. The van der Waals surface area contributed by atoms with Crippen molar-refractivity contribution in [1.29, 1.82) is 0 Å². The smallest absolute Gasteiger partial charge is 0.407 e. The molecule has 3 heterocycles. The number of alkyl carbamates (subject to hydrolysis) is 1. The molecule has 12 nitrogen and oxygen atoms in total. The average molecular weight is 537 g/mol. The Labute approximate surface area is 227 Å². The highest BCUT2D eigenvalue weighted by Crippen LogP contribution is 2.07. The van der Waals surface area contributed by atoms with Gasteiger partial charge in [0.1, 0.15) is 6.61 Å². The molecule has 3 rings (SSSR count). The zero-order valence-electron chi connectivity index (χ0n) is 22.2. The molecule has 3 aromatic heterocycles. The summed E-state index contributed by atoms with van der Waals surface area (Å²) in [5.74, 6) is 0.115. The summed E-state index contributed by atoms with van der Waals surface area (Å²) in [4.78, 5) is 52.8. The minimum atomic E-state index is -0.438. The van der Waals surface area contributed by atoms with E-state index in [9.17, 15) is 14.4 Å². The number of hydrogen-bond acceptors (Lipinski definition) is 8. The summed E-state index contributed by atoms with van der Waals surface area (Å²) < 4.78 is 5.37. The number of H-pyrrole nitrogens is 1. The van der Waals surface area contributed by atoms with Crippen molar-refractivity contribution in [2.75, 3.05) is 31.6 Å². The zero-order chi connectivity index (χ0) is 27.7. The highest BCUT2D eigenvalue weighted by atomic mass is 16.5. The Morgan fingerprint density at radius 2 is 1.56 bits per heavy atom. The fourth-order valence-electron chi connectivity index (χ4n) is 3.76. The molecule has 3 aromatic rings. The first-order valence-electron chi connectivity index (χ1n) is 13.0. The summed E-state index contributed by atoms with van der Waals surface area (Å²) in [5, 5.41) is 8.02. The molecular weight excluding hydrogens is 500 g/mol. The average Bonchev–Trinajstić information content (AvgIpc) is 2.90. The Morgan fingerprint density at radius 1 is 0.923 bits per heavy atom. The van der Waals surface area contributed by atoms with Gasteiger partial charge in [-0.2, -0.15) is 0 Å². The molecule has 0 fully saturated rings. The van der Waals surface area contributed by atoms with Crippen molar-refractivity contribution in [3.8, 4) is 0 Å². The number of ether oxygens (including phenoxy) is 1. The number of amides is 3. The van der Waals surface area contributed by atoms with Crippen LogP contribution in [0.4, 0.5) is 15.5 Å². The Hall–Kier alpha value is -4.32. The summed E-state index contributed by atoms with van der Waals surface area (Å²) in [6.45, 7) is 4.75. The lowest BCUT2D eigenvalue weighted by Gasteiger charge is -2.21. The minimum absolute atomic E-state index is 0.115. The van der Waals surface area contributed by atoms with Gasteiger partial charge in [0.25, 0.3) is 5.56 Å². The Morgan fingerprint density at radius 3 is 2.15 bits per heavy atom. The molecule has 0 atom stereocenters. The van der Waals surface area contributed by atoms with Gasteiger partial charge in [0.05, 0.1) is 11.4 Å². The maximum absolute atomic E-state index is 12.1. The van der Waals surface area contributed by atoms with Gasteiger partial charge in [0.2, 0.25) is 5.95 Å². The van der Waals surface area contributed by atoms with Crippen LogP contribution < -0.4 is 21.5 Å². The van der Waals surface area contributed by atoms with Crippen LogP contribution in [0, 0.1) is 6.92 Å². The van der Waals surface area contributed by atoms with Crippen LogP contribution in [0.25, 0.3) is 0 Å². The van der Waals surface area contributed by atoms with E-state index >= 15 is 0 Å². The van der Waals surface area contributed by atoms with Gasteiger partial charge in [-0.15, -0.1) is 0 Å². The number of unbranched alkanes of at least 4 members (excludes halogenated alkanes) is 3. The maximum Gasteiger partial charge on any atom is 0.407 e. The van der Waals surface area contributed by atoms with Gasteiger partial charge in [-0.25, -0.2) is 14.6 Å². The van der Waals surface area contributed by atoms with Crippen LogP contribution in [-0.4, -0.2) is 63.2 Å². The van der Waals surface area contributed by atoms with Gasteiger partial charge < -0.3 is 15.4 Å². The van der Waals surface area contributed by atoms with Gasteiger partial charge in [0, 0.05) is 56.9 Å². The SMILES string of the molecule is Cc1cc(=O)[nH]c(NC(=O)NCCCCCCNC(=O)OCCN(Cc2ccccn2)Cc2ccccn2)n1. The number of pyridine rings is 2. The molecule has 0 saturated carbocycles. The topological polar surface area (TPSA) is 154 Å². The number of aryl methyl sites for hydroxylation is 1. The van der Waals surface area contributed by atoms with Crippen molar-refractivity contribution in [3.63, 3.8) is 0 Å². The summed E-state index contributed by atoms with van der Waals surface area (Å²) in [6.07, 6.45) is 6.48. The lowest BCUT2D eigenvalue weighted by atomic mass is 10.2.